The van der Waals surface area contributed by atoms with Crippen molar-refractivity contribution in [3.63, 3.8) is 0 Å². The van der Waals surface area contributed by atoms with Crippen LogP contribution in [-0.4, -0.2) is 11.1 Å². The second-order valence-electron chi connectivity index (χ2n) is 3.88. The predicted octanol–water partition coefficient (Wildman–Crippen LogP) is 3.81. The highest BCUT2D eigenvalue weighted by Crippen LogP contribution is 2.38. The molecule has 1 aromatic heterocycles. The molecule has 3 rings (SSSR count). The Morgan fingerprint density at radius 3 is 2.94 bits per heavy atom. The Balaban J connectivity index is 2.43. The summed E-state index contributed by atoms with van der Waals surface area (Å²) >= 11 is 15.9. The number of nitrogens with one attached hydrogen (secondary N) is 1. The van der Waals surface area contributed by atoms with Crippen molar-refractivity contribution in [2.45, 2.75) is 13.1 Å². The van der Waals surface area contributed by atoms with E-state index in [1.54, 1.807) is 0 Å². The first-order valence-corrected chi connectivity index (χ1v) is 6.59. The molecule has 0 spiro atoms. The van der Waals surface area contributed by atoms with E-state index in [-0.39, 0.29) is 0 Å². The molecule has 0 saturated heterocycles. The van der Waals surface area contributed by atoms with Gasteiger partial charge in [0.15, 0.2) is 0 Å². The molecule has 0 bridgehead atoms. The SMILES string of the molecule is Clc1cc(Br)c2cc3n(c2c1Cl)CCNC3. The quantitative estimate of drug-likeness (QED) is 0.731. The monoisotopic (exact) mass is 318 g/mol. The van der Waals surface area contributed by atoms with Crippen LogP contribution in [0.15, 0.2) is 16.6 Å². The van der Waals surface area contributed by atoms with Crippen molar-refractivity contribution in [1.82, 2.24) is 9.88 Å². The van der Waals surface area contributed by atoms with Crippen molar-refractivity contribution in [1.29, 1.82) is 0 Å². The summed E-state index contributed by atoms with van der Waals surface area (Å²) in [5.41, 5.74) is 2.30. The molecule has 1 N–H and O–H groups in total. The average molecular weight is 320 g/mol. The predicted molar refractivity (Wildman–Crippen MR) is 71.4 cm³/mol. The standard InChI is InChI=1S/C11H9BrCl2N2/c12-8-4-9(13)10(14)11-7(8)3-6-5-15-1-2-16(6)11/h3-4,15H,1-2,5H2. The minimum atomic E-state index is 0.598. The third kappa shape index (κ3) is 1.50. The lowest BCUT2D eigenvalue weighted by Gasteiger charge is -2.17. The lowest BCUT2D eigenvalue weighted by atomic mass is 10.2. The highest BCUT2D eigenvalue weighted by atomic mass is 79.9. The summed E-state index contributed by atoms with van der Waals surface area (Å²) in [5, 5.41) is 5.72. The van der Waals surface area contributed by atoms with Gasteiger partial charge in [-0.3, -0.25) is 0 Å². The number of nitrogens with zero attached hydrogens (tertiary/aromatic N) is 1. The molecule has 5 heteroatoms. The van der Waals surface area contributed by atoms with Gasteiger partial charge in [0.2, 0.25) is 0 Å². The molecule has 0 fully saturated rings. The topological polar surface area (TPSA) is 17.0 Å². The zero-order chi connectivity index (χ0) is 11.3. The maximum Gasteiger partial charge on any atom is 0.0836 e. The minimum Gasteiger partial charge on any atom is -0.341 e. The normalized spacial score (nSPS) is 15.4. The molecule has 84 valence electrons. The summed E-state index contributed by atoms with van der Waals surface area (Å²) < 4.78 is 3.24. The van der Waals surface area contributed by atoms with E-state index in [1.807, 2.05) is 6.07 Å². The van der Waals surface area contributed by atoms with Crippen molar-refractivity contribution in [2.24, 2.45) is 0 Å². The Morgan fingerprint density at radius 1 is 1.31 bits per heavy atom. The van der Waals surface area contributed by atoms with Crippen molar-refractivity contribution in [3.05, 3.63) is 32.3 Å². The molecule has 16 heavy (non-hydrogen) atoms. The smallest absolute Gasteiger partial charge is 0.0836 e. The van der Waals surface area contributed by atoms with E-state index < -0.39 is 0 Å². The Bertz CT molecular complexity index is 577. The van der Waals surface area contributed by atoms with Crippen LogP contribution in [0.3, 0.4) is 0 Å². The number of aromatic nitrogens is 1. The van der Waals surface area contributed by atoms with E-state index in [2.05, 4.69) is 31.9 Å². The molecule has 2 nitrogen and oxygen atoms in total. The third-order valence-electron chi connectivity index (χ3n) is 2.93. The van der Waals surface area contributed by atoms with Gasteiger partial charge < -0.3 is 9.88 Å². The molecule has 0 radical (unpaired) electrons. The van der Waals surface area contributed by atoms with E-state index in [9.17, 15) is 0 Å². The van der Waals surface area contributed by atoms with Crippen LogP contribution in [0.5, 0.6) is 0 Å². The fourth-order valence-electron chi connectivity index (χ4n) is 2.20. The highest BCUT2D eigenvalue weighted by Gasteiger charge is 2.18. The molecule has 1 aromatic carbocycles. The molecule has 0 saturated carbocycles. The van der Waals surface area contributed by atoms with Gasteiger partial charge in [-0.25, -0.2) is 0 Å². The lowest BCUT2D eigenvalue weighted by molar-refractivity contribution is 0.527. The fourth-order valence-corrected chi connectivity index (χ4v) is 3.32. The zero-order valence-electron chi connectivity index (χ0n) is 8.36. The number of hydrogen-bond donors (Lipinski definition) is 1. The van der Waals surface area contributed by atoms with Gasteiger partial charge >= 0.3 is 0 Å². The van der Waals surface area contributed by atoms with Crippen molar-refractivity contribution >= 4 is 50.0 Å². The van der Waals surface area contributed by atoms with E-state index in [0.29, 0.717) is 10.0 Å². The first kappa shape index (κ1) is 10.9. The van der Waals surface area contributed by atoms with E-state index >= 15 is 0 Å². The summed E-state index contributed by atoms with van der Waals surface area (Å²) in [5.74, 6) is 0. The maximum atomic E-state index is 6.28. The van der Waals surface area contributed by atoms with E-state index in [0.717, 1.165) is 35.0 Å². The number of rotatable bonds is 0. The summed E-state index contributed by atoms with van der Waals surface area (Å²) in [7, 11) is 0. The van der Waals surface area contributed by atoms with Crippen molar-refractivity contribution in [3.8, 4) is 0 Å². The summed E-state index contributed by atoms with van der Waals surface area (Å²) in [6.45, 7) is 2.79. The van der Waals surface area contributed by atoms with Gasteiger partial charge in [0.1, 0.15) is 0 Å². The Hall–Kier alpha value is -0.220. The van der Waals surface area contributed by atoms with Gasteiger partial charge in [-0.15, -0.1) is 0 Å². The van der Waals surface area contributed by atoms with E-state index in [1.165, 1.54) is 5.69 Å². The van der Waals surface area contributed by atoms with Crippen LogP contribution in [-0.2, 0) is 13.1 Å². The molecule has 1 aliphatic heterocycles. The molecule has 0 aliphatic carbocycles. The maximum absolute atomic E-state index is 6.28. The second-order valence-corrected chi connectivity index (χ2v) is 5.52. The number of fused-ring (bicyclic) bond motifs is 3. The number of benzene rings is 1. The van der Waals surface area contributed by atoms with Crippen molar-refractivity contribution < 1.29 is 0 Å². The van der Waals surface area contributed by atoms with Gasteiger partial charge in [-0.05, 0) is 12.1 Å². The molecule has 0 atom stereocenters. The molecule has 0 amide bonds. The van der Waals surface area contributed by atoms with Crippen molar-refractivity contribution in [2.75, 3.05) is 6.54 Å². The summed E-state index contributed by atoms with van der Waals surface area (Å²) in [6.07, 6.45) is 0. The van der Waals surface area contributed by atoms with Gasteiger partial charge in [0.25, 0.3) is 0 Å². The molecule has 2 aromatic rings. The third-order valence-corrected chi connectivity index (χ3v) is 4.36. The largest absolute Gasteiger partial charge is 0.341 e. The van der Waals surface area contributed by atoms with Crippen LogP contribution in [0.25, 0.3) is 10.9 Å². The van der Waals surface area contributed by atoms with E-state index in [4.69, 9.17) is 23.2 Å². The number of halogens is 3. The van der Waals surface area contributed by atoms with Crippen LogP contribution in [0.1, 0.15) is 5.69 Å². The second kappa shape index (κ2) is 3.91. The molecule has 0 unspecified atom stereocenters. The lowest BCUT2D eigenvalue weighted by Crippen LogP contribution is -2.27. The Labute approximate surface area is 112 Å². The van der Waals surface area contributed by atoms with Crippen LogP contribution in [0, 0.1) is 0 Å². The highest BCUT2D eigenvalue weighted by molar-refractivity contribution is 9.10. The summed E-state index contributed by atoms with van der Waals surface area (Å²) in [6, 6.07) is 4.01. The minimum absolute atomic E-state index is 0.598. The van der Waals surface area contributed by atoms with Gasteiger partial charge in [0.05, 0.1) is 15.6 Å². The first-order chi connectivity index (χ1) is 7.68. The Kier molecular flexibility index (Phi) is 2.67. The van der Waals surface area contributed by atoms with Crippen LogP contribution in [0.4, 0.5) is 0 Å². The van der Waals surface area contributed by atoms with Gasteiger partial charge in [0, 0.05) is 35.2 Å². The first-order valence-electron chi connectivity index (χ1n) is 5.05. The van der Waals surface area contributed by atoms with Gasteiger partial charge in [-0.2, -0.15) is 0 Å². The van der Waals surface area contributed by atoms with Crippen LogP contribution < -0.4 is 5.32 Å². The summed E-state index contributed by atoms with van der Waals surface area (Å²) in [4.78, 5) is 0. The number of hydrogen-bond acceptors (Lipinski definition) is 1. The molecule has 1 aliphatic rings. The fraction of sp³-hybridized carbons (Fsp3) is 0.273. The molecular formula is C11H9BrCl2N2. The van der Waals surface area contributed by atoms with Gasteiger partial charge in [-0.1, -0.05) is 39.1 Å². The van der Waals surface area contributed by atoms with Crippen LogP contribution >= 0.6 is 39.1 Å². The molecular weight excluding hydrogens is 311 g/mol. The molecule has 2 heterocycles. The Morgan fingerprint density at radius 2 is 2.12 bits per heavy atom. The zero-order valence-corrected chi connectivity index (χ0v) is 11.5. The average Bonchev–Trinajstić information content (AvgIpc) is 2.66. The van der Waals surface area contributed by atoms with Crippen LogP contribution in [0.2, 0.25) is 10.0 Å².